The molecule has 7 heteroatoms. The van der Waals surface area contributed by atoms with Crippen LogP contribution in [0.25, 0.3) is 0 Å². The second-order valence-electron chi connectivity index (χ2n) is 5.41. The summed E-state index contributed by atoms with van der Waals surface area (Å²) < 4.78 is 6.91. The van der Waals surface area contributed by atoms with Crippen molar-refractivity contribution in [3.05, 3.63) is 72.2 Å². The molecule has 0 fully saturated rings. The average molecular weight is 337 g/mol. The number of hydrogen-bond acceptors (Lipinski definition) is 4. The van der Waals surface area contributed by atoms with Crippen LogP contribution in [0.2, 0.25) is 0 Å². The van der Waals surface area contributed by atoms with E-state index in [4.69, 9.17) is 4.74 Å². The fourth-order valence-electron chi connectivity index (χ4n) is 2.30. The van der Waals surface area contributed by atoms with E-state index in [0.717, 1.165) is 16.8 Å². The van der Waals surface area contributed by atoms with Crippen LogP contribution < -0.4 is 15.4 Å². The molecule has 0 bridgehead atoms. The van der Waals surface area contributed by atoms with Crippen LogP contribution in [-0.4, -0.2) is 27.9 Å². The third-order valence-electron chi connectivity index (χ3n) is 3.58. The van der Waals surface area contributed by atoms with Gasteiger partial charge in [0, 0.05) is 36.9 Å². The number of hydrogen-bond donors (Lipinski definition) is 2. The summed E-state index contributed by atoms with van der Waals surface area (Å²) in [5.41, 5.74) is 2.75. The highest BCUT2D eigenvalue weighted by molar-refractivity contribution is 5.89. The summed E-state index contributed by atoms with van der Waals surface area (Å²) in [6, 6.07) is 12.9. The van der Waals surface area contributed by atoms with E-state index >= 15 is 0 Å². The fourth-order valence-corrected chi connectivity index (χ4v) is 2.30. The van der Waals surface area contributed by atoms with Crippen molar-refractivity contribution in [2.45, 2.75) is 13.1 Å². The zero-order valence-electron chi connectivity index (χ0n) is 13.8. The van der Waals surface area contributed by atoms with E-state index in [9.17, 15) is 4.79 Å². The number of methoxy groups -OCH3 is 1. The van der Waals surface area contributed by atoms with E-state index in [1.807, 2.05) is 47.3 Å². The SMILES string of the molecule is COc1cc(CNC(=O)Nc2ccc(Cn3cccn3)cc2)ccn1. The number of carbonyl (C=O) groups excluding carboxylic acids is 1. The summed E-state index contributed by atoms with van der Waals surface area (Å²) in [6.07, 6.45) is 5.30. The predicted molar refractivity (Wildman–Crippen MR) is 94.4 cm³/mol. The minimum atomic E-state index is -0.268. The first-order valence-corrected chi connectivity index (χ1v) is 7.83. The molecule has 7 nitrogen and oxygen atoms in total. The lowest BCUT2D eigenvalue weighted by atomic mass is 10.2. The minimum Gasteiger partial charge on any atom is -0.481 e. The topological polar surface area (TPSA) is 81.1 Å². The normalized spacial score (nSPS) is 10.3. The van der Waals surface area contributed by atoms with Gasteiger partial charge in [-0.1, -0.05) is 12.1 Å². The summed E-state index contributed by atoms with van der Waals surface area (Å²) in [6.45, 7) is 1.09. The molecule has 2 N–H and O–H groups in total. The second-order valence-corrected chi connectivity index (χ2v) is 5.41. The zero-order chi connectivity index (χ0) is 17.5. The smallest absolute Gasteiger partial charge is 0.319 e. The fraction of sp³-hybridized carbons (Fsp3) is 0.167. The van der Waals surface area contributed by atoms with Crippen molar-refractivity contribution in [3.63, 3.8) is 0 Å². The average Bonchev–Trinajstić information content (AvgIpc) is 3.15. The maximum atomic E-state index is 12.0. The molecule has 3 rings (SSSR count). The number of anilines is 1. The lowest BCUT2D eigenvalue weighted by Gasteiger charge is -2.09. The van der Waals surface area contributed by atoms with Gasteiger partial charge in [0.05, 0.1) is 13.7 Å². The Balaban J connectivity index is 1.50. The molecule has 3 aromatic rings. The summed E-state index contributed by atoms with van der Waals surface area (Å²) in [5.74, 6) is 0.521. The molecule has 0 radical (unpaired) electrons. The van der Waals surface area contributed by atoms with E-state index in [2.05, 4.69) is 20.7 Å². The van der Waals surface area contributed by atoms with Gasteiger partial charge in [-0.3, -0.25) is 4.68 Å². The van der Waals surface area contributed by atoms with Crippen molar-refractivity contribution in [3.8, 4) is 5.88 Å². The van der Waals surface area contributed by atoms with Crippen LogP contribution in [0.5, 0.6) is 5.88 Å². The lowest BCUT2D eigenvalue weighted by Crippen LogP contribution is -2.28. The van der Waals surface area contributed by atoms with Crippen molar-refractivity contribution in [1.82, 2.24) is 20.1 Å². The predicted octanol–water partition coefficient (Wildman–Crippen LogP) is 2.66. The third kappa shape index (κ3) is 4.81. The Bertz CT molecular complexity index is 816. The first-order valence-electron chi connectivity index (χ1n) is 7.83. The van der Waals surface area contributed by atoms with Crippen molar-refractivity contribution >= 4 is 11.7 Å². The molecule has 0 unspecified atom stereocenters. The standard InChI is InChI=1S/C18H19N5O2/c1-25-17-11-15(7-9-19-17)12-20-18(24)22-16-5-3-14(4-6-16)13-23-10-2-8-21-23/h2-11H,12-13H2,1H3,(H2,20,22,24). The number of aromatic nitrogens is 3. The Morgan fingerprint density at radius 3 is 2.72 bits per heavy atom. The van der Waals surface area contributed by atoms with Gasteiger partial charge in [0.1, 0.15) is 0 Å². The molecule has 0 aliphatic carbocycles. The molecule has 2 amide bonds. The maximum Gasteiger partial charge on any atom is 0.319 e. The molecule has 2 aromatic heterocycles. The molecule has 1 aromatic carbocycles. The van der Waals surface area contributed by atoms with Gasteiger partial charge >= 0.3 is 6.03 Å². The molecular formula is C18H19N5O2. The molecule has 0 aliphatic rings. The number of urea groups is 1. The van der Waals surface area contributed by atoms with Crippen molar-refractivity contribution in [2.75, 3.05) is 12.4 Å². The highest BCUT2D eigenvalue weighted by Crippen LogP contribution is 2.11. The van der Waals surface area contributed by atoms with Gasteiger partial charge in [0.2, 0.25) is 5.88 Å². The first-order chi connectivity index (χ1) is 12.2. The van der Waals surface area contributed by atoms with E-state index in [1.54, 1.807) is 25.6 Å². The van der Waals surface area contributed by atoms with E-state index in [1.165, 1.54) is 0 Å². The minimum absolute atomic E-state index is 0.268. The molecular weight excluding hydrogens is 318 g/mol. The van der Waals surface area contributed by atoms with Gasteiger partial charge < -0.3 is 15.4 Å². The van der Waals surface area contributed by atoms with E-state index < -0.39 is 0 Å². The summed E-state index contributed by atoms with van der Waals surface area (Å²) >= 11 is 0. The number of nitrogens with one attached hydrogen (secondary N) is 2. The Labute approximate surface area is 145 Å². The van der Waals surface area contributed by atoms with Crippen LogP contribution in [0.1, 0.15) is 11.1 Å². The molecule has 0 saturated carbocycles. The van der Waals surface area contributed by atoms with Gasteiger partial charge in [-0.15, -0.1) is 0 Å². The van der Waals surface area contributed by atoms with E-state index in [0.29, 0.717) is 19.0 Å². The van der Waals surface area contributed by atoms with Crippen molar-refractivity contribution in [2.24, 2.45) is 0 Å². The van der Waals surface area contributed by atoms with E-state index in [-0.39, 0.29) is 6.03 Å². The van der Waals surface area contributed by atoms with Crippen LogP contribution in [0.15, 0.2) is 61.1 Å². The number of pyridine rings is 1. The van der Waals surface area contributed by atoms with Gasteiger partial charge in [-0.05, 0) is 35.4 Å². The number of amides is 2. The van der Waals surface area contributed by atoms with Crippen LogP contribution >= 0.6 is 0 Å². The molecule has 0 aliphatic heterocycles. The lowest BCUT2D eigenvalue weighted by molar-refractivity contribution is 0.251. The number of rotatable bonds is 6. The number of nitrogens with zero attached hydrogens (tertiary/aromatic N) is 3. The highest BCUT2D eigenvalue weighted by Gasteiger charge is 2.03. The quantitative estimate of drug-likeness (QED) is 0.724. The summed E-state index contributed by atoms with van der Waals surface area (Å²) in [5, 5.41) is 9.78. The van der Waals surface area contributed by atoms with Crippen molar-refractivity contribution < 1.29 is 9.53 Å². The molecule has 25 heavy (non-hydrogen) atoms. The summed E-state index contributed by atoms with van der Waals surface area (Å²) in [7, 11) is 1.56. The number of carbonyl (C=O) groups is 1. The Morgan fingerprint density at radius 2 is 2.00 bits per heavy atom. The Morgan fingerprint density at radius 1 is 1.16 bits per heavy atom. The molecule has 0 spiro atoms. The van der Waals surface area contributed by atoms with Crippen LogP contribution in [0.4, 0.5) is 10.5 Å². The first kappa shape index (κ1) is 16.5. The molecule has 2 heterocycles. The van der Waals surface area contributed by atoms with Crippen molar-refractivity contribution in [1.29, 1.82) is 0 Å². The second kappa shape index (κ2) is 7.96. The van der Waals surface area contributed by atoms with Gasteiger partial charge in [0.25, 0.3) is 0 Å². The Hall–Kier alpha value is -3.35. The number of ether oxygens (including phenoxy) is 1. The molecule has 0 saturated heterocycles. The molecule has 128 valence electrons. The highest BCUT2D eigenvalue weighted by atomic mass is 16.5. The van der Waals surface area contributed by atoms with Crippen LogP contribution in [0.3, 0.4) is 0 Å². The number of benzene rings is 1. The van der Waals surface area contributed by atoms with Gasteiger partial charge in [-0.25, -0.2) is 9.78 Å². The third-order valence-corrected chi connectivity index (χ3v) is 3.58. The zero-order valence-corrected chi connectivity index (χ0v) is 13.8. The largest absolute Gasteiger partial charge is 0.481 e. The maximum absolute atomic E-state index is 12.0. The Kier molecular flexibility index (Phi) is 5.26. The monoisotopic (exact) mass is 337 g/mol. The van der Waals surface area contributed by atoms with Gasteiger partial charge in [0.15, 0.2) is 0 Å². The summed E-state index contributed by atoms with van der Waals surface area (Å²) in [4.78, 5) is 16.0. The molecule has 0 atom stereocenters. The van der Waals surface area contributed by atoms with Gasteiger partial charge in [-0.2, -0.15) is 5.10 Å². The van der Waals surface area contributed by atoms with Crippen LogP contribution in [0, 0.1) is 0 Å². The van der Waals surface area contributed by atoms with Crippen LogP contribution in [-0.2, 0) is 13.1 Å².